The fraction of sp³-hybridized carbons (Fsp3) is 0.357. The van der Waals surface area contributed by atoms with Crippen molar-refractivity contribution in [3.63, 3.8) is 0 Å². The third-order valence-electron chi connectivity index (χ3n) is 7.57. The Morgan fingerprint density at radius 1 is 1.24 bits per heavy atom. The monoisotopic (exact) mass is 551 g/mol. The van der Waals surface area contributed by atoms with Crippen molar-refractivity contribution < 1.29 is 14.4 Å². The Morgan fingerprint density at radius 2 is 1.97 bits per heavy atom. The Morgan fingerprint density at radius 3 is 2.68 bits per heavy atom. The largest absolute Gasteiger partial charge is 0.350 e. The van der Waals surface area contributed by atoms with Gasteiger partial charge in [0.1, 0.15) is 17.8 Å². The molecule has 0 saturated carbocycles. The van der Waals surface area contributed by atoms with E-state index in [1.165, 1.54) is 9.80 Å². The molecule has 2 N–H and O–H groups in total. The highest BCUT2D eigenvalue weighted by atomic mass is 35.5. The van der Waals surface area contributed by atoms with E-state index in [2.05, 4.69) is 16.4 Å². The van der Waals surface area contributed by atoms with Crippen LogP contribution in [0.15, 0.2) is 42.5 Å². The minimum Gasteiger partial charge on any atom is -0.350 e. The molecule has 196 valence electrons. The van der Waals surface area contributed by atoms with Crippen LogP contribution in [0.1, 0.15) is 42.7 Å². The number of para-hydroxylation sites is 1. The Balaban J connectivity index is 1.46. The smallest absolute Gasteiger partial charge is 0.270 e. The molecule has 1 saturated heterocycles. The molecule has 38 heavy (non-hydrogen) atoms. The first-order valence-corrected chi connectivity index (χ1v) is 13.2. The maximum absolute atomic E-state index is 14.1. The van der Waals surface area contributed by atoms with E-state index in [9.17, 15) is 19.6 Å². The second kappa shape index (κ2) is 9.64. The third-order valence-corrected chi connectivity index (χ3v) is 8.10. The maximum atomic E-state index is 14.1. The summed E-state index contributed by atoms with van der Waals surface area (Å²) in [5.41, 5.74) is 1.38. The van der Waals surface area contributed by atoms with E-state index in [0.717, 1.165) is 5.56 Å². The number of likely N-dealkylation sites (tertiary alicyclic amines) is 1. The minimum absolute atomic E-state index is 0.0734. The molecule has 3 heterocycles. The second-order valence-corrected chi connectivity index (χ2v) is 11.3. The highest BCUT2D eigenvalue weighted by Crippen LogP contribution is 2.46. The Bertz CT molecular complexity index is 1510. The number of carbonyl (C=O) groups is 3. The average Bonchev–Trinajstić information content (AvgIpc) is 3.56. The van der Waals surface area contributed by atoms with Gasteiger partial charge in [-0.1, -0.05) is 55.2 Å². The number of nitrogens with zero attached hydrogens (tertiary/aromatic N) is 3. The van der Waals surface area contributed by atoms with Crippen LogP contribution in [0.25, 0.3) is 10.9 Å². The van der Waals surface area contributed by atoms with E-state index in [-0.39, 0.29) is 36.4 Å². The molecule has 0 bridgehead atoms. The Kier molecular flexibility index (Phi) is 6.62. The molecule has 1 aromatic heterocycles. The molecule has 2 aliphatic rings. The number of anilines is 1. The van der Waals surface area contributed by atoms with Gasteiger partial charge in [0.2, 0.25) is 11.8 Å². The standard InChI is InChI=1S/C28H27Cl2N5O3/c1-15(2)8-24(34(3)25(36)23-11-18-20(30)9-16(29)10-22(18)32-23)26(37)35-14-28(12-17(35)13-31)19-6-4-5-7-21(19)33-27(28)38/h4-7,9-11,15,17,24,32H,8,12,14H2,1-3H3,(H,33,38)/t17-,24-,28-/m0/s1. The second-order valence-electron chi connectivity index (χ2n) is 10.5. The van der Waals surface area contributed by atoms with Crippen molar-refractivity contribution in [2.24, 2.45) is 5.92 Å². The lowest BCUT2D eigenvalue weighted by Crippen LogP contribution is -2.52. The van der Waals surface area contributed by atoms with Crippen LogP contribution in [0, 0.1) is 17.2 Å². The van der Waals surface area contributed by atoms with Gasteiger partial charge in [-0.2, -0.15) is 5.26 Å². The van der Waals surface area contributed by atoms with Gasteiger partial charge in [-0.05, 0) is 42.2 Å². The lowest BCUT2D eigenvalue weighted by Gasteiger charge is -2.33. The summed E-state index contributed by atoms with van der Waals surface area (Å²) in [7, 11) is 1.58. The van der Waals surface area contributed by atoms with Crippen LogP contribution in [0.4, 0.5) is 5.69 Å². The van der Waals surface area contributed by atoms with Crippen LogP contribution in [0.2, 0.25) is 10.0 Å². The number of nitriles is 1. The molecule has 1 fully saturated rings. The van der Waals surface area contributed by atoms with Gasteiger partial charge >= 0.3 is 0 Å². The molecule has 3 atom stereocenters. The number of fused-ring (bicyclic) bond motifs is 3. The molecule has 2 aliphatic heterocycles. The molecule has 5 rings (SSSR count). The topological polar surface area (TPSA) is 109 Å². The van der Waals surface area contributed by atoms with Gasteiger partial charge in [0.25, 0.3) is 5.91 Å². The number of nitrogens with one attached hydrogen (secondary N) is 2. The first kappa shape index (κ1) is 26.1. The van der Waals surface area contributed by atoms with Crippen molar-refractivity contribution in [1.82, 2.24) is 14.8 Å². The van der Waals surface area contributed by atoms with Crippen molar-refractivity contribution in [1.29, 1.82) is 5.26 Å². The predicted molar refractivity (Wildman–Crippen MR) is 146 cm³/mol. The lowest BCUT2D eigenvalue weighted by atomic mass is 9.80. The van der Waals surface area contributed by atoms with Crippen molar-refractivity contribution in [3.05, 3.63) is 63.8 Å². The fourth-order valence-corrected chi connectivity index (χ4v) is 6.20. The van der Waals surface area contributed by atoms with E-state index in [1.807, 2.05) is 38.1 Å². The number of H-pyrrole nitrogens is 1. The van der Waals surface area contributed by atoms with Gasteiger partial charge in [-0.3, -0.25) is 14.4 Å². The molecule has 2 aromatic carbocycles. The summed E-state index contributed by atoms with van der Waals surface area (Å²) in [5, 5.41) is 14.4. The van der Waals surface area contributed by atoms with Crippen LogP contribution in [-0.2, 0) is 15.0 Å². The molecular weight excluding hydrogens is 525 g/mol. The average molecular weight is 552 g/mol. The number of amides is 3. The zero-order valence-electron chi connectivity index (χ0n) is 21.2. The Labute approximate surface area is 230 Å². The van der Waals surface area contributed by atoms with Crippen molar-refractivity contribution in [2.45, 2.75) is 44.2 Å². The molecule has 3 amide bonds. The first-order chi connectivity index (χ1) is 18.1. The molecule has 0 radical (unpaired) electrons. The van der Waals surface area contributed by atoms with Crippen molar-refractivity contribution in [2.75, 3.05) is 18.9 Å². The molecule has 1 spiro atoms. The molecule has 10 heteroatoms. The van der Waals surface area contributed by atoms with Gasteiger partial charge in [0, 0.05) is 41.6 Å². The van der Waals surface area contributed by atoms with Crippen molar-refractivity contribution >= 4 is 57.5 Å². The van der Waals surface area contributed by atoms with Gasteiger partial charge in [-0.15, -0.1) is 0 Å². The zero-order chi connectivity index (χ0) is 27.4. The van der Waals surface area contributed by atoms with Gasteiger partial charge in [-0.25, -0.2) is 0 Å². The summed E-state index contributed by atoms with van der Waals surface area (Å²) in [6.45, 7) is 4.01. The fourth-order valence-electron chi connectivity index (χ4n) is 5.66. The van der Waals surface area contributed by atoms with Crippen LogP contribution in [-0.4, -0.2) is 58.2 Å². The van der Waals surface area contributed by atoms with Crippen molar-refractivity contribution in [3.8, 4) is 6.07 Å². The van der Waals surface area contributed by atoms with Crippen LogP contribution < -0.4 is 5.32 Å². The SMILES string of the molecule is CC(C)C[C@@H](C(=O)N1C[C@]2(C[C@H]1C#N)C(=O)Nc1ccccc12)N(C)C(=O)c1cc2c(Cl)cc(Cl)cc2[nH]1. The number of halogens is 2. The normalized spacial score (nSPS) is 21.0. The number of carbonyl (C=O) groups excluding carboxylic acids is 3. The number of likely N-dealkylation sites (N-methyl/N-ethyl adjacent to an activating group) is 1. The number of rotatable bonds is 5. The number of aromatic amines is 1. The number of hydrogen-bond donors (Lipinski definition) is 2. The van der Waals surface area contributed by atoms with E-state index in [4.69, 9.17) is 23.2 Å². The summed E-state index contributed by atoms with van der Waals surface area (Å²) in [6.07, 6.45) is 0.587. The molecule has 0 aliphatic carbocycles. The number of aromatic nitrogens is 1. The number of benzene rings is 2. The Hall–Kier alpha value is -3.54. The molecule has 8 nitrogen and oxygen atoms in total. The summed E-state index contributed by atoms with van der Waals surface area (Å²) in [4.78, 5) is 46.7. The third kappa shape index (κ3) is 4.20. The van der Waals surface area contributed by atoms with Gasteiger partial charge in [0.05, 0.1) is 16.5 Å². The highest BCUT2D eigenvalue weighted by Gasteiger charge is 2.56. The van der Waals surface area contributed by atoms with E-state index in [1.54, 1.807) is 25.2 Å². The van der Waals surface area contributed by atoms with Crippen LogP contribution in [0.3, 0.4) is 0 Å². The van der Waals surface area contributed by atoms with E-state index >= 15 is 0 Å². The van der Waals surface area contributed by atoms with E-state index < -0.39 is 23.4 Å². The summed E-state index contributed by atoms with van der Waals surface area (Å²) in [6, 6.07) is 12.9. The molecule has 0 unspecified atom stereocenters. The minimum atomic E-state index is -0.995. The van der Waals surface area contributed by atoms with Gasteiger partial charge in [0.15, 0.2) is 0 Å². The zero-order valence-corrected chi connectivity index (χ0v) is 22.7. The summed E-state index contributed by atoms with van der Waals surface area (Å²) >= 11 is 12.4. The highest BCUT2D eigenvalue weighted by molar-refractivity contribution is 6.38. The van der Waals surface area contributed by atoms with Gasteiger partial charge < -0.3 is 20.1 Å². The van der Waals surface area contributed by atoms with E-state index in [0.29, 0.717) is 33.1 Å². The number of hydrogen-bond acceptors (Lipinski definition) is 4. The lowest BCUT2D eigenvalue weighted by molar-refractivity contribution is -0.136. The van der Waals surface area contributed by atoms with Crippen LogP contribution in [0.5, 0.6) is 0 Å². The summed E-state index contributed by atoms with van der Waals surface area (Å²) in [5.74, 6) is -0.874. The maximum Gasteiger partial charge on any atom is 0.270 e. The molecular formula is C28H27Cl2N5O3. The first-order valence-electron chi connectivity index (χ1n) is 12.4. The summed E-state index contributed by atoms with van der Waals surface area (Å²) < 4.78 is 0. The van der Waals surface area contributed by atoms with Crippen LogP contribution >= 0.6 is 23.2 Å². The quantitative estimate of drug-likeness (QED) is 0.466. The molecule has 3 aromatic rings. The predicted octanol–water partition coefficient (Wildman–Crippen LogP) is 4.98.